The Balaban J connectivity index is 1.69. The molecule has 3 aromatic heterocycles. The van der Waals surface area contributed by atoms with Crippen LogP contribution in [0.2, 0.25) is 0 Å². The molecule has 8 heteroatoms. The molecule has 5 aromatic rings. The van der Waals surface area contributed by atoms with E-state index in [1.807, 2.05) is 54.6 Å². The van der Waals surface area contributed by atoms with Gasteiger partial charge in [-0.05, 0) is 24.3 Å². The number of hydrogen-bond donors (Lipinski definition) is 2. The number of nitrogens with zero attached hydrogens (tertiary/aromatic N) is 1. The second kappa shape index (κ2) is 9.52. The molecule has 0 radical (unpaired) electrons. The monoisotopic (exact) mass is 485 g/mol. The highest BCUT2D eigenvalue weighted by atomic mass is 32.1. The fraction of sp³-hybridized carbons (Fsp3) is 0.111. The smallest absolute Gasteiger partial charge is 0.263 e. The number of pyridine rings is 1. The maximum Gasteiger partial charge on any atom is 0.263 e. The summed E-state index contributed by atoms with van der Waals surface area (Å²) in [5.41, 5.74) is 10.3. The molecule has 0 saturated heterocycles. The average molecular weight is 486 g/mol. The highest BCUT2D eigenvalue weighted by Crippen LogP contribution is 2.46. The first kappa shape index (κ1) is 22.5. The standard InChI is InChI=1S/C27H23N3O4S/c1-32-21-12-6-11-18(24(21)33-2)19-14-20(16-8-4-3-5-9-16)30-27-22(19)23(28)25(35-27)26(31)29-15-17-10-7-13-34-17/h3-14H,15,28H2,1-2H3,(H,29,31). The van der Waals surface area contributed by atoms with Gasteiger partial charge < -0.3 is 24.9 Å². The first-order valence-corrected chi connectivity index (χ1v) is 11.7. The molecule has 7 nitrogen and oxygen atoms in total. The van der Waals surface area contributed by atoms with Crippen LogP contribution in [-0.2, 0) is 6.54 Å². The summed E-state index contributed by atoms with van der Waals surface area (Å²) in [5.74, 6) is 1.55. The number of ether oxygens (including phenoxy) is 2. The van der Waals surface area contributed by atoms with Gasteiger partial charge in [-0.15, -0.1) is 11.3 Å². The van der Waals surface area contributed by atoms with Crippen LogP contribution >= 0.6 is 11.3 Å². The Labute approximate surface area is 206 Å². The molecule has 0 spiro atoms. The Morgan fingerprint density at radius 2 is 1.86 bits per heavy atom. The molecule has 0 aliphatic carbocycles. The van der Waals surface area contributed by atoms with Gasteiger partial charge in [-0.25, -0.2) is 4.98 Å². The van der Waals surface area contributed by atoms with Crippen molar-refractivity contribution in [3.05, 3.63) is 83.6 Å². The van der Waals surface area contributed by atoms with Crippen molar-refractivity contribution in [1.82, 2.24) is 10.3 Å². The third kappa shape index (κ3) is 4.20. The number of aromatic nitrogens is 1. The number of fused-ring (bicyclic) bond motifs is 1. The zero-order valence-electron chi connectivity index (χ0n) is 19.2. The number of anilines is 1. The van der Waals surface area contributed by atoms with Crippen molar-refractivity contribution in [3.8, 4) is 33.9 Å². The summed E-state index contributed by atoms with van der Waals surface area (Å²) in [6.07, 6.45) is 1.57. The van der Waals surface area contributed by atoms with Gasteiger partial charge >= 0.3 is 0 Å². The van der Waals surface area contributed by atoms with E-state index in [1.165, 1.54) is 11.3 Å². The largest absolute Gasteiger partial charge is 0.493 e. The van der Waals surface area contributed by atoms with Gasteiger partial charge in [0.05, 0.1) is 38.4 Å². The minimum Gasteiger partial charge on any atom is -0.493 e. The lowest BCUT2D eigenvalue weighted by molar-refractivity contribution is 0.0953. The summed E-state index contributed by atoms with van der Waals surface area (Å²) in [6.45, 7) is 0.263. The number of nitrogens with two attached hydrogens (primary N) is 1. The zero-order valence-corrected chi connectivity index (χ0v) is 20.0. The number of hydrogen-bond acceptors (Lipinski definition) is 7. The van der Waals surface area contributed by atoms with E-state index in [0.717, 1.165) is 22.4 Å². The third-order valence-corrected chi connectivity index (χ3v) is 6.77. The van der Waals surface area contributed by atoms with Crippen molar-refractivity contribution in [1.29, 1.82) is 0 Å². The topological polar surface area (TPSA) is 99.6 Å². The summed E-state index contributed by atoms with van der Waals surface area (Å²) in [4.78, 5) is 19.0. The number of carbonyl (C=O) groups is 1. The van der Waals surface area contributed by atoms with E-state index in [4.69, 9.17) is 24.6 Å². The van der Waals surface area contributed by atoms with Crippen LogP contribution in [0.3, 0.4) is 0 Å². The van der Waals surface area contributed by atoms with Crippen LogP contribution < -0.4 is 20.5 Å². The van der Waals surface area contributed by atoms with Crippen LogP contribution in [-0.4, -0.2) is 25.1 Å². The van der Waals surface area contributed by atoms with Crippen molar-refractivity contribution in [2.45, 2.75) is 6.54 Å². The first-order chi connectivity index (χ1) is 17.1. The van der Waals surface area contributed by atoms with E-state index in [9.17, 15) is 4.79 Å². The summed E-state index contributed by atoms with van der Waals surface area (Å²) >= 11 is 1.26. The Kier molecular flexibility index (Phi) is 6.12. The van der Waals surface area contributed by atoms with Crippen molar-refractivity contribution < 1.29 is 18.7 Å². The Bertz CT molecular complexity index is 1490. The predicted octanol–water partition coefficient (Wildman–Crippen LogP) is 5.75. The fourth-order valence-corrected chi connectivity index (χ4v) is 5.06. The van der Waals surface area contributed by atoms with Gasteiger partial charge in [0.1, 0.15) is 15.5 Å². The van der Waals surface area contributed by atoms with Crippen LogP contribution in [0.4, 0.5) is 5.69 Å². The number of nitrogen functional groups attached to an aromatic ring is 1. The molecule has 3 heterocycles. The van der Waals surface area contributed by atoms with Crippen molar-refractivity contribution >= 4 is 33.1 Å². The quantitative estimate of drug-likeness (QED) is 0.304. The summed E-state index contributed by atoms with van der Waals surface area (Å²) in [5, 5.41) is 3.57. The number of methoxy groups -OCH3 is 2. The van der Waals surface area contributed by atoms with Crippen LogP contribution in [0.15, 0.2) is 77.4 Å². The molecule has 0 fully saturated rings. The first-order valence-electron chi connectivity index (χ1n) is 10.9. The lowest BCUT2D eigenvalue weighted by Crippen LogP contribution is -2.22. The van der Waals surface area contributed by atoms with E-state index in [1.54, 1.807) is 32.6 Å². The maximum absolute atomic E-state index is 13.1. The zero-order chi connectivity index (χ0) is 24.4. The number of thiophene rings is 1. The molecule has 35 heavy (non-hydrogen) atoms. The molecule has 0 aliphatic rings. The molecule has 3 N–H and O–H groups in total. The van der Waals surface area contributed by atoms with E-state index >= 15 is 0 Å². The molecule has 176 valence electrons. The van der Waals surface area contributed by atoms with E-state index < -0.39 is 0 Å². The van der Waals surface area contributed by atoms with Crippen LogP contribution in [0, 0.1) is 0 Å². The van der Waals surface area contributed by atoms with Gasteiger partial charge in [-0.3, -0.25) is 4.79 Å². The number of nitrogens with one attached hydrogen (secondary N) is 1. The Hall–Kier alpha value is -4.30. The van der Waals surface area contributed by atoms with Crippen LogP contribution in [0.5, 0.6) is 11.5 Å². The molecule has 0 saturated carbocycles. The normalized spacial score (nSPS) is 10.9. The van der Waals surface area contributed by atoms with Crippen LogP contribution in [0.25, 0.3) is 32.6 Å². The SMILES string of the molecule is COc1cccc(-c2cc(-c3ccccc3)nc3sc(C(=O)NCc4ccco4)c(N)c23)c1OC. The lowest BCUT2D eigenvalue weighted by atomic mass is 9.98. The van der Waals surface area contributed by atoms with E-state index in [-0.39, 0.29) is 12.5 Å². The molecule has 0 aliphatic heterocycles. The molecule has 1 amide bonds. The minimum absolute atomic E-state index is 0.263. The molecule has 2 aromatic carbocycles. The second-order valence-electron chi connectivity index (χ2n) is 7.75. The molecular weight excluding hydrogens is 462 g/mol. The Morgan fingerprint density at radius 1 is 1.03 bits per heavy atom. The Morgan fingerprint density at radius 3 is 2.57 bits per heavy atom. The molecule has 5 rings (SSSR count). The second-order valence-corrected chi connectivity index (χ2v) is 8.75. The highest BCUT2D eigenvalue weighted by Gasteiger charge is 2.24. The van der Waals surface area contributed by atoms with Crippen molar-refractivity contribution in [2.75, 3.05) is 20.0 Å². The molecule has 0 unspecified atom stereocenters. The number of carbonyl (C=O) groups excluding carboxylic acids is 1. The fourth-order valence-electron chi connectivity index (χ4n) is 4.02. The van der Waals surface area contributed by atoms with Crippen LogP contribution in [0.1, 0.15) is 15.4 Å². The summed E-state index contributed by atoms with van der Waals surface area (Å²) in [6, 6.07) is 21.1. The predicted molar refractivity (Wildman–Crippen MR) is 138 cm³/mol. The average Bonchev–Trinajstić information content (AvgIpc) is 3.54. The molecule has 0 atom stereocenters. The number of amides is 1. The van der Waals surface area contributed by atoms with Crippen molar-refractivity contribution in [2.24, 2.45) is 0 Å². The van der Waals surface area contributed by atoms with E-state index in [0.29, 0.717) is 38.0 Å². The van der Waals surface area contributed by atoms with Gasteiger partial charge in [0.2, 0.25) is 0 Å². The van der Waals surface area contributed by atoms with Gasteiger partial charge in [-0.1, -0.05) is 42.5 Å². The maximum atomic E-state index is 13.1. The summed E-state index contributed by atoms with van der Waals surface area (Å²) < 4.78 is 16.6. The van der Waals surface area contributed by atoms with Gasteiger partial charge in [0.25, 0.3) is 5.91 Å². The number of rotatable bonds is 7. The van der Waals surface area contributed by atoms with Crippen molar-refractivity contribution in [3.63, 3.8) is 0 Å². The van der Waals surface area contributed by atoms with E-state index in [2.05, 4.69) is 5.32 Å². The van der Waals surface area contributed by atoms with Gasteiger partial charge in [0, 0.05) is 22.1 Å². The molecular formula is C27H23N3O4S. The lowest BCUT2D eigenvalue weighted by Gasteiger charge is -2.15. The van der Waals surface area contributed by atoms with Gasteiger partial charge in [-0.2, -0.15) is 0 Å². The highest BCUT2D eigenvalue weighted by molar-refractivity contribution is 7.21. The number of furan rings is 1. The minimum atomic E-state index is -0.285. The molecule has 0 bridgehead atoms. The number of benzene rings is 2. The summed E-state index contributed by atoms with van der Waals surface area (Å²) in [7, 11) is 3.20. The third-order valence-electron chi connectivity index (χ3n) is 5.67. The van der Waals surface area contributed by atoms with Gasteiger partial charge in [0.15, 0.2) is 11.5 Å². The number of para-hydroxylation sites is 1.